The van der Waals surface area contributed by atoms with Gasteiger partial charge in [0.1, 0.15) is 11.5 Å². The van der Waals surface area contributed by atoms with E-state index in [9.17, 15) is 5.11 Å². The quantitative estimate of drug-likeness (QED) is 0.757. The number of hydrogen-bond donors (Lipinski definition) is 2. The van der Waals surface area contributed by atoms with Gasteiger partial charge in [-0.3, -0.25) is 0 Å². The molecule has 0 saturated heterocycles. The summed E-state index contributed by atoms with van der Waals surface area (Å²) >= 11 is 0. The second-order valence-corrected chi connectivity index (χ2v) is 5.79. The number of phenols is 1. The minimum absolute atomic E-state index is 0.265. The van der Waals surface area contributed by atoms with Gasteiger partial charge in [0, 0.05) is 25.6 Å². The number of anilines is 1. The van der Waals surface area contributed by atoms with Gasteiger partial charge < -0.3 is 20.1 Å². The fourth-order valence-corrected chi connectivity index (χ4v) is 2.72. The van der Waals surface area contributed by atoms with Gasteiger partial charge >= 0.3 is 0 Å². The number of hydrogen-bond acceptors (Lipinski definition) is 4. The summed E-state index contributed by atoms with van der Waals surface area (Å²) in [5.41, 5.74) is 10.3. The number of phenolic OH excluding ortho intramolecular Hbond substituents is 1. The highest BCUT2D eigenvalue weighted by Crippen LogP contribution is 2.22. The van der Waals surface area contributed by atoms with Crippen molar-refractivity contribution in [3.8, 4) is 11.5 Å². The van der Waals surface area contributed by atoms with Crippen LogP contribution in [0.5, 0.6) is 11.5 Å². The van der Waals surface area contributed by atoms with Gasteiger partial charge in [0.15, 0.2) is 5.95 Å². The summed E-state index contributed by atoms with van der Waals surface area (Å²) in [4.78, 5) is 4.52. The molecule has 0 aliphatic heterocycles. The molecule has 2 aromatic carbocycles. The van der Waals surface area contributed by atoms with Crippen molar-refractivity contribution in [1.29, 1.82) is 0 Å². The first-order valence-corrected chi connectivity index (χ1v) is 7.77. The van der Waals surface area contributed by atoms with Crippen LogP contribution in [0.25, 0.3) is 0 Å². The van der Waals surface area contributed by atoms with E-state index in [1.165, 1.54) is 0 Å². The minimum Gasteiger partial charge on any atom is -0.508 e. The van der Waals surface area contributed by atoms with E-state index in [-0.39, 0.29) is 5.75 Å². The van der Waals surface area contributed by atoms with Gasteiger partial charge in [-0.25, -0.2) is 4.98 Å². The number of nitrogens with two attached hydrogens (primary N) is 1. The molecule has 0 saturated carbocycles. The van der Waals surface area contributed by atoms with E-state index in [1.807, 2.05) is 48.0 Å². The largest absolute Gasteiger partial charge is 0.508 e. The summed E-state index contributed by atoms with van der Waals surface area (Å²) in [6, 6.07) is 15.2. The van der Waals surface area contributed by atoms with Gasteiger partial charge in [-0.05, 0) is 35.4 Å². The lowest BCUT2D eigenvalue weighted by molar-refractivity contribution is 0.414. The van der Waals surface area contributed by atoms with Crippen LogP contribution < -0.4 is 10.5 Å². The highest BCUT2D eigenvalue weighted by atomic mass is 16.5. The van der Waals surface area contributed by atoms with Gasteiger partial charge in [0.25, 0.3) is 0 Å². The molecular formula is C19H21N3O2. The molecule has 124 valence electrons. The van der Waals surface area contributed by atoms with Gasteiger partial charge in [-0.2, -0.15) is 0 Å². The van der Waals surface area contributed by atoms with Crippen LogP contribution in [0.2, 0.25) is 0 Å². The standard InChI is InChI=1S/C19H21N3O2/c1-22-18(12-14-3-7-15(23)8-4-14)17(21-19(22)20)11-13-5-9-16(24-2)10-6-13/h3-10,23H,11-12H2,1-2H3,(H2,20,21). The lowest BCUT2D eigenvalue weighted by Crippen LogP contribution is -2.03. The molecule has 3 aromatic rings. The number of methoxy groups -OCH3 is 1. The number of aromatic hydroxyl groups is 1. The average Bonchev–Trinajstić information content (AvgIpc) is 2.85. The zero-order chi connectivity index (χ0) is 17.1. The fraction of sp³-hybridized carbons (Fsp3) is 0.211. The molecular weight excluding hydrogens is 302 g/mol. The van der Waals surface area contributed by atoms with Crippen molar-refractivity contribution in [2.75, 3.05) is 12.8 Å². The number of imidazole rings is 1. The van der Waals surface area contributed by atoms with Crippen molar-refractivity contribution >= 4 is 5.95 Å². The predicted molar refractivity (Wildman–Crippen MR) is 94.3 cm³/mol. The molecule has 1 heterocycles. The van der Waals surface area contributed by atoms with Crippen LogP contribution in [0.1, 0.15) is 22.5 Å². The second kappa shape index (κ2) is 6.66. The van der Waals surface area contributed by atoms with Crippen molar-refractivity contribution in [2.24, 2.45) is 7.05 Å². The average molecular weight is 323 g/mol. The van der Waals surface area contributed by atoms with Crippen LogP contribution >= 0.6 is 0 Å². The Hall–Kier alpha value is -2.95. The maximum Gasteiger partial charge on any atom is 0.200 e. The number of aromatic nitrogens is 2. The normalized spacial score (nSPS) is 10.8. The summed E-state index contributed by atoms with van der Waals surface area (Å²) in [6.07, 6.45) is 1.43. The number of nitrogens with zero attached hydrogens (tertiary/aromatic N) is 2. The fourth-order valence-electron chi connectivity index (χ4n) is 2.72. The Morgan fingerprint density at radius 3 is 2.21 bits per heavy atom. The van der Waals surface area contributed by atoms with Crippen LogP contribution in [-0.2, 0) is 19.9 Å². The lowest BCUT2D eigenvalue weighted by atomic mass is 10.0. The molecule has 5 nitrogen and oxygen atoms in total. The monoisotopic (exact) mass is 323 g/mol. The summed E-state index contributed by atoms with van der Waals surface area (Å²) in [6.45, 7) is 0. The SMILES string of the molecule is COc1ccc(Cc2nc(N)n(C)c2Cc2ccc(O)cc2)cc1. The number of ether oxygens (including phenoxy) is 1. The van der Waals surface area contributed by atoms with Crippen LogP contribution in [0.15, 0.2) is 48.5 Å². The molecule has 0 atom stereocenters. The summed E-state index contributed by atoms with van der Waals surface area (Å²) in [5.74, 6) is 1.61. The van der Waals surface area contributed by atoms with Crippen molar-refractivity contribution in [1.82, 2.24) is 9.55 Å². The van der Waals surface area contributed by atoms with E-state index in [4.69, 9.17) is 10.5 Å². The van der Waals surface area contributed by atoms with Crippen LogP contribution in [0.4, 0.5) is 5.95 Å². The van der Waals surface area contributed by atoms with E-state index in [1.54, 1.807) is 19.2 Å². The van der Waals surface area contributed by atoms with Crippen LogP contribution in [-0.4, -0.2) is 21.8 Å². The highest BCUT2D eigenvalue weighted by Gasteiger charge is 2.14. The number of rotatable bonds is 5. The molecule has 0 aliphatic carbocycles. The van der Waals surface area contributed by atoms with Gasteiger partial charge in [-0.15, -0.1) is 0 Å². The van der Waals surface area contributed by atoms with Crippen molar-refractivity contribution in [3.05, 3.63) is 71.0 Å². The Kier molecular flexibility index (Phi) is 4.42. The molecule has 24 heavy (non-hydrogen) atoms. The van der Waals surface area contributed by atoms with Crippen molar-refractivity contribution < 1.29 is 9.84 Å². The van der Waals surface area contributed by atoms with E-state index >= 15 is 0 Å². The van der Waals surface area contributed by atoms with Crippen LogP contribution in [0, 0.1) is 0 Å². The first kappa shape index (κ1) is 15.9. The zero-order valence-electron chi connectivity index (χ0n) is 13.9. The number of benzene rings is 2. The predicted octanol–water partition coefficient (Wildman–Crippen LogP) is 2.90. The molecule has 3 rings (SSSR count). The Bertz CT molecular complexity index is 821. The van der Waals surface area contributed by atoms with Gasteiger partial charge in [0.05, 0.1) is 12.8 Å². The molecule has 1 aromatic heterocycles. The summed E-state index contributed by atoms with van der Waals surface area (Å²) in [5, 5.41) is 9.43. The molecule has 0 radical (unpaired) electrons. The first-order chi connectivity index (χ1) is 11.6. The van der Waals surface area contributed by atoms with Crippen molar-refractivity contribution in [2.45, 2.75) is 12.8 Å². The maximum atomic E-state index is 9.43. The second-order valence-electron chi connectivity index (χ2n) is 5.79. The summed E-state index contributed by atoms with van der Waals surface area (Å²) in [7, 11) is 3.58. The van der Waals surface area contributed by atoms with Gasteiger partial charge in [-0.1, -0.05) is 24.3 Å². The van der Waals surface area contributed by atoms with E-state index in [0.29, 0.717) is 18.8 Å². The smallest absolute Gasteiger partial charge is 0.200 e. The highest BCUT2D eigenvalue weighted by molar-refractivity contribution is 5.38. The molecule has 0 fully saturated rings. The Morgan fingerprint density at radius 2 is 1.58 bits per heavy atom. The Labute approximate surface area is 141 Å². The minimum atomic E-state index is 0.265. The zero-order valence-corrected chi connectivity index (χ0v) is 13.9. The lowest BCUT2D eigenvalue weighted by Gasteiger charge is -2.08. The molecule has 0 aliphatic rings. The molecule has 0 amide bonds. The molecule has 0 unspecified atom stereocenters. The van der Waals surface area contributed by atoms with E-state index in [2.05, 4.69) is 4.98 Å². The summed E-state index contributed by atoms with van der Waals surface area (Å²) < 4.78 is 7.12. The molecule has 0 bridgehead atoms. The third-order valence-corrected chi connectivity index (χ3v) is 4.17. The third-order valence-electron chi connectivity index (χ3n) is 4.17. The Balaban J connectivity index is 1.87. The van der Waals surface area contributed by atoms with Gasteiger partial charge in [0.2, 0.25) is 0 Å². The Morgan fingerprint density at radius 1 is 1.00 bits per heavy atom. The van der Waals surface area contributed by atoms with E-state index < -0.39 is 0 Å². The number of nitrogen functional groups attached to an aromatic ring is 1. The van der Waals surface area contributed by atoms with E-state index in [0.717, 1.165) is 28.3 Å². The van der Waals surface area contributed by atoms with Crippen LogP contribution in [0.3, 0.4) is 0 Å². The molecule has 5 heteroatoms. The topological polar surface area (TPSA) is 73.3 Å². The van der Waals surface area contributed by atoms with Crippen molar-refractivity contribution in [3.63, 3.8) is 0 Å². The maximum absolute atomic E-state index is 9.43. The molecule has 0 spiro atoms. The molecule has 3 N–H and O–H groups in total. The first-order valence-electron chi connectivity index (χ1n) is 7.77. The third kappa shape index (κ3) is 3.35.